The molecule has 146 valence electrons. The standard InChI is InChI=1S/C20H23N5O2S/c1-27-13-5-12-25-19(17-8-10-21-11-9-17)23-24-20(25)28-15-18(26)22-14-16-6-3-2-4-7-16/h2-4,6-11H,5,12-15H2,1H3,(H,22,26). The molecule has 3 aromatic rings. The molecule has 0 bridgehead atoms. The summed E-state index contributed by atoms with van der Waals surface area (Å²) >= 11 is 1.38. The third-order valence-corrected chi connectivity index (χ3v) is 5.02. The number of carbonyl (C=O) groups is 1. The predicted molar refractivity (Wildman–Crippen MR) is 109 cm³/mol. The fraction of sp³-hybridized carbons (Fsp3) is 0.300. The van der Waals surface area contributed by atoms with Gasteiger partial charge in [0.25, 0.3) is 0 Å². The van der Waals surface area contributed by atoms with Crippen molar-refractivity contribution in [2.24, 2.45) is 0 Å². The molecule has 0 radical (unpaired) electrons. The van der Waals surface area contributed by atoms with Crippen LogP contribution < -0.4 is 5.32 Å². The van der Waals surface area contributed by atoms with E-state index in [2.05, 4.69) is 20.5 Å². The van der Waals surface area contributed by atoms with Crippen LogP contribution in [0.15, 0.2) is 60.0 Å². The van der Waals surface area contributed by atoms with Crippen LogP contribution in [0.3, 0.4) is 0 Å². The Morgan fingerprint density at radius 2 is 1.93 bits per heavy atom. The van der Waals surface area contributed by atoms with E-state index in [9.17, 15) is 4.79 Å². The molecule has 2 aromatic heterocycles. The summed E-state index contributed by atoms with van der Waals surface area (Å²) in [5.74, 6) is 1.02. The average molecular weight is 398 g/mol. The van der Waals surface area contributed by atoms with Gasteiger partial charge in [0.15, 0.2) is 11.0 Å². The number of thioether (sulfide) groups is 1. The Balaban J connectivity index is 1.63. The van der Waals surface area contributed by atoms with Crippen molar-refractivity contribution in [2.75, 3.05) is 19.5 Å². The van der Waals surface area contributed by atoms with E-state index in [1.807, 2.05) is 47.0 Å². The maximum absolute atomic E-state index is 12.2. The molecule has 1 amide bonds. The van der Waals surface area contributed by atoms with Gasteiger partial charge in [-0.15, -0.1) is 10.2 Å². The molecule has 0 aliphatic carbocycles. The quantitative estimate of drug-likeness (QED) is 0.418. The third kappa shape index (κ3) is 5.64. The van der Waals surface area contributed by atoms with Gasteiger partial charge in [-0.05, 0) is 24.1 Å². The van der Waals surface area contributed by atoms with E-state index in [1.54, 1.807) is 19.5 Å². The number of amides is 1. The molecule has 0 atom stereocenters. The molecular weight excluding hydrogens is 374 g/mol. The Labute approximate surface area is 168 Å². The van der Waals surface area contributed by atoms with Crippen molar-refractivity contribution in [1.82, 2.24) is 25.1 Å². The zero-order valence-corrected chi connectivity index (χ0v) is 16.6. The predicted octanol–water partition coefficient (Wildman–Crippen LogP) is 2.79. The summed E-state index contributed by atoms with van der Waals surface area (Å²) in [5, 5.41) is 12.3. The van der Waals surface area contributed by atoms with Crippen LogP contribution in [0, 0.1) is 0 Å². The van der Waals surface area contributed by atoms with Crippen LogP contribution in [0.1, 0.15) is 12.0 Å². The highest BCUT2D eigenvalue weighted by atomic mass is 32.2. The Morgan fingerprint density at radius 3 is 2.68 bits per heavy atom. The Kier molecular flexibility index (Phi) is 7.57. The van der Waals surface area contributed by atoms with Gasteiger partial charge in [0, 0.05) is 44.8 Å². The van der Waals surface area contributed by atoms with Crippen LogP contribution in [-0.2, 0) is 22.6 Å². The van der Waals surface area contributed by atoms with Gasteiger partial charge in [0.05, 0.1) is 5.75 Å². The highest BCUT2D eigenvalue weighted by Gasteiger charge is 2.15. The number of aromatic nitrogens is 4. The highest BCUT2D eigenvalue weighted by Crippen LogP contribution is 2.24. The number of ether oxygens (including phenoxy) is 1. The molecule has 0 fully saturated rings. The first-order chi connectivity index (χ1) is 13.8. The second-order valence-corrected chi connectivity index (χ2v) is 7.03. The Bertz CT molecular complexity index is 871. The number of pyridine rings is 1. The molecule has 0 unspecified atom stereocenters. The SMILES string of the molecule is COCCCn1c(SCC(=O)NCc2ccccc2)nnc1-c1ccncc1. The average Bonchev–Trinajstić information content (AvgIpc) is 3.15. The monoisotopic (exact) mass is 397 g/mol. The molecule has 1 N–H and O–H groups in total. The van der Waals surface area contributed by atoms with E-state index in [1.165, 1.54) is 11.8 Å². The van der Waals surface area contributed by atoms with Crippen molar-refractivity contribution in [1.29, 1.82) is 0 Å². The van der Waals surface area contributed by atoms with Crippen molar-refractivity contribution in [3.63, 3.8) is 0 Å². The number of hydrogen-bond acceptors (Lipinski definition) is 6. The normalized spacial score (nSPS) is 10.8. The minimum absolute atomic E-state index is 0.0363. The van der Waals surface area contributed by atoms with E-state index in [4.69, 9.17) is 4.74 Å². The first kappa shape index (κ1) is 20.0. The van der Waals surface area contributed by atoms with Gasteiger partial charge in [-0.2, -0.15) is 0 Å². The van der Waals surface area contributed by atoms with Crippen molar-refractivity contribution in [2.45, 2.75) is 24.7 Å². The minimum Gasteiger partial charge on any atom is -0.385 e. The number of methoxy groups -OCH3 is 1. The lowest BCUT2D eigenvalue weighted by Gasteiger charge is -2.10. The number of benzene rings is 1. The molecule has 0 saturated heterocycles. The Hall–Kier alpha value is -2.71. The fourth-order valence-electron chi connectivity index (χ4n) is 2.66. The zero-order valence-electron chi connectivity index (χ0n) is 15.7. The zero-order chi connectivity index (χ0) is 19.6. The molecule has 1 aromatic carbocycles. The molecular formula is C20H23N5O2S. The molecule has 7 nitrogen and oxygen atoms in total. The molecule has 2 heterocycles. The van der Waals surface area contributed by atoms with E-state index in [0.29, 0.717) is 19.7 Å². The molecule has 0 saturated carbocycles. The van der Waals surface area contributed by atoms with E-state index in [-0.39, 0.29) is 11.7 Å². The second-order valence-electron chi connectivity index (χ2n) is 6.09. The summed E-state index contributed by atoms with van der Waals surface area (Å²) in [4.78, 5) is 16.3. The molecule has 0 aliphatic heterocycles. The smallest absolute Gasteiger partial charge is 0.230 e. The van der Waals surface area contributed by atoms with Crippen molar-refractivity contribution in [3.8, 4) is 11.4 Å². The summed E-state index contributed by atoms with van der Waals surface area (Å²) in [6.07, 6.45) is 4.29. The number of carbonyl (C=O) groups excluding carboxylic acids is 1. The van der Waals surface area contributed by atoms with E-state index in [0.717, 1.165) is 28.5 Å². The molecule has 28 heavy (non-hydrogen) atoms. The lowest BCUT2D eigenvalue weighted by molar-refractivity contribution is -0.118. The van der Waals surface area contributed by atoms with Crippen LogP contribution in [0.25, 0.3) is 11.4 Å². The van der Waals surface area contributed by atoms with Gasteiger partial charge < -0.3 is 14.6 Å². The third-order valence-electron chi connectivity index (χ3n) is 4.05. The van der Waals surface area contributed by atoms with Crippen molar-refractivity contribution < 1.29 is 9.53 Å². The van der Waals surface area contributed by atoms with E-state index >= 15 is 0 Å². The van der Waals surface area contributed by atoms with Gasteiger partial charge in [0.2, 0.25) is 5.91 Å². The summed E-state index contributed by atoms with van der Waals surface area (Å²) in [6.45, 7) is 1.88. The lowest BCUT2D eigenvalue weighted by Crippen LogP contribution is -2.24. The van der Waals surface area contributed by atoms with Crippen molar-refractivity contribution >= 4 is 17.7 Å². The fourth-order valence-corrected chi connectivity index (χ4v) is 3.45. The van der Waals surface area contributed by atoms with Gasteiger partial charge >= 0.3 is 0 Å². The molecule has 8 heteroatoms. The van der Waals surface area contributed by atoms with Crippen LogP contribution in [-0.4, -0.2) is 45.1 Å². The highest BCUT2D eigenvalue weighted by molar-refractivity contribution is 7.99. The molecule has 0 spiro atoms. The van der Waals surface area contributed by atoms with Crippen LogP contribution in [0.4, 0.5) is 0 Å². The summed E-state index contributed by atoms with van der Waals surface area (Å²) < 4.78 is 7.19. The topological polar surface area (TPSA) is 81.9 Å². The van der Waals surface area contributed by atoms with Crippen LogP contribution in [0.5, 0.6) is 0 Å². The minimum atomic E-state index is -0.0363. The Morgan fingerprint density at radius 1 is 1.14 bits per heavy atom. The number of hydrogen-bond donors (Lipinski definition) is 1. The number of nitrogens with one attached hydrogen (secondary N) is 1. The maximum Gasteiger partial charge on any atom is 0.230 e. The number of nitrogens with zero attached hydrogens (tertiary/aromatic N) is 4. The second kappa shape index (κ2) is 10.6. The number of rotatable bonds is 10. The van der Waals surface area contributed by atoms with Gasteiger partial charge in [-0.25, -0.2) is 0 Å². The maximum atomic E-state index is 12.2. The first-order valence-corrected chi connectivity index (χ1v) is 10.0. The van der Waals surface area contributed by atoms with Crippen LogP contribution >= 0.6 is 11.8 Å². The van der Waals surface area contributed by atoms with Gasteiger partial charge in [-0.3, -0.25) is 9.78 Å². The first-order valence-electron chi connectivity index (χ1n) is 9.04. The summed E-state index contributed by atoms with van der Waals surface area (Å²) in [5.41, 5.74) is 2.02. The summed E-state index contributed by atoms with van der Waals surface area (Å²) in [6, 6.07) is 13.6. The largest absolute Gasteiger partial charge is 0.385 e. The van der Waals surface area contributed by atoms with Crippen molar-refractivity contribution in [3.05, 3.63) is 60.4 Å². The lowest BCUT2D eigenvalue weighted by atomic mass is 10.2. The van der Waals surface area contributed by atoms with Crippen LogP contribution in [0.2, 0.25) is 0 Å². The van der Waals surface area contributed by atoms with Gasteiger partial charge in [-0.1, -0.05) is 42.1 Å². The summed E-state index contributed by atoms with van der Waals surface area (Å²) in [7, 11) is 1.68. The van der Waals surface area contributed by atoms with E-state index < -0.39 is 0 Å². The molecule has 0 aliphatic rings. The molecule has 3 rings (SSSR count). The van der Waals surface area contributed by atoms with Gasteiger partial charge in [0.1, 0.15) is 0 Å².